The summed E-state index contributed by atoms with van der Waals surface area (Å²) in [5.74, 6) is 1.40. The fourth-order valence-corrected chi connectivity index (χ4v) is 5.91. The molecule has 5 rings (SSSR count). The second-order valence-corrected chi connectivity index (χ2v) is 11.1. The number of likely N-dealkylation sites (tertiary alicyclic amines) is 1. The van der Waals surface area contributed by atoms with Gasteiger partial charge in [0.25, 0.3) is 5.91 Å². The van der Waals surface area contributed by atoms with E-state index in [4.69, 9.17) is 14.6 Å². The van der Waals surface area contributed by atoms with Gasteiger partial charge < -0.3 is 19.3 Å². The number of carbonyl (C=O) groups is 2. The van der Waals surface area contributed by atoms with Crippen LogP contribution in [-0.2, 0) is 11.4 Å². The third-order valence-electron chi connectivity index (χ3n) is 7.15. The quantitative estimate of drug-likeness (QED) is 0.447. The van der Waals surface area contributed by atoms with E-state index in [0.717, 1.165) is 52.2 Å². The summed E-state index contributed by atoms with van der Waals surface area (Å²) in [6.45, 7) is 5.47. The molecule has 0 radical (unpaired) electrons. The van der Waals surface area contributed by atoms with Crippen LogP contribution in [0.3, 0.4) is 0 Å². The minimum Gasteiger partial charge on any atom is -0.496 e. The zero-order valence-corrected chi connectivity index (χ0v) is 23.4. The molecular formula is C29H34N4O4S. The van der Waals surface area contributed by atoms with Gasteiger partial charge in [-0.05, 0) is 50.6 Å². The molecule has 38 heavy (non-hydrogen) atoms. The Kier molecular flexibility index (Phi) is 7.29. The third-order valence-corrected chi connectivity index (χ3v) is 7.82. The maximum Gasteiger partial charge on any atom is 0.274 e. The van der Waals surface area contributed by atoms with E-state index in [1.54, 1.807) is 37.4 Å². The Labute approximate surface area is 227 Å². The molecule has 1 fully saturated rings. The van der Waals surface area contributed by atoms with Crippen molar-refractivity contribution in [2.75, 3.05) is 34.3 Å². The number of nitrogens with zero attached hydrogens (tertiary/aromatic N) is 4. The van der Waals surface area contributed by atoms with Crippen molar-refractivity contribution in [3.63, 3.8) is 0 Å². The summed E-state index contributed by atoms with van der Waals surface area (Å²) in [6.07, 6.45) is 4.30. The average molecular weight is 535 g/mol. The number of carbonyl (C=O) groups excluding carboxylic acids is 2. The first-order valence-electron chi connectivity index (χ1n) is 12.9. The van der Waals surface area contributed by atoms with Gasteiger partial charge >= 0.3 is 0 Å². The summed E-state index contributed by atoms with van der Waals surface area (Å²) in [4.78, 5) is 30.0. The van der Waals surface area contributed by atoms with Crippen LogP contribution in [-0.4, -0.2) is 65.7 Å². The van der Waals surface area contributed by atoms with Gasteiger partial charge in [-0.15, -0.1) is 0 Å². The van der Waals surface area contributed by atoms with Crippen LogP contribution in [0.15, 0.2) is 34.5 Å². The van der Waals surface area contributed by atoms with Crippen molar-refractivity contribution in [3.8, 4) is 28.4 Å². The highest BCUT2D eigenvalue weighted by atomic mass is 32.1. The minimum absolute atomic E-state index is 0.0567. The van der Waals surface area contributed by atoms with Crippen LogP contribution in [0.4, 0.5) is 0 Å². The van der Waals surface area contributed by atoms with Crippen molar-refractivity contribution in [3.05, 3.63) is 51.4 Å². The van der Waals surface area contributed by atoms with Gasteiger partial charge in [0, 0.05) is 61.2 Å². The molecule has 2 amide bonds. The van der Waals surface area contributed by atoms with Crippen molar-refractivity contribution in [1.29, 1.82) is 0 Å². The number of thiophene rings is 1. The molecule has 1 saturated heterocycles. The number of benzene rings is 1. The van der Waals surface area contributed by atoms with Crippen LogP contribution in [0.5, 0.6) is 11.5 Å². The molecule has 0 spiro atoms. The molecule has 0 aliphatic carbocycles. The molecule has 3 aromatic rings. The maximum atomic E-state index is 13.9. The van der Waals surface area contributed by atoms with Crippen LogP contribution in [0.25, 0.3) is 23.0 Å². The largest absolute Gasteiger partial charge is 0.496 e. The number of allylic oxidation sites excluding steroid dienone is 1. The molecule has 8 nitrogen and oxygen atoms in total. The van der Waals surface area contributed by atoms with Crippen LogP contribution in [0.2, 0.25) is 0 Å². The number of aromatic nitrogens is 2. The molecule has 0 N–H and O–H groups in total. The van der Waals surface area contributed by atoms with Crippen LogP contribution in [0.1, 0.15) is 54.7 Å². The summed E-state index contributed by atoms with van der Waals surface area (Å²) in [5.41, 5.74) is 5.94. The predicted molar refractivity (Wildman–Crippen MR) is 149 cm³/mol. The maximum absolute atomic E-state index is 13.9. The highest BCUT2D eigenvalue weighted by molar-refractivity contribution is 7.08. The molecule has 2 aromatic heterocycles. The number of hydrogen-bond donors (Lipinski definition) is 0. The Bertz CT molecular complexity index is 1390. The zero-order chi connectivity index (χ0) is 27.0. The van der Waals surface area contributed by atoms with E-state index in [9.17, 15) is 9.59 Å². The number of methoxy groups -OCH3 is 1. The summed E-state index contributed by atoms with van der Waals surface area (Å²) in [5, 5.41) is 8.92. The number of fused-ring (bicyclic) bond motifs is 3. The monoisotopic (exact) mass is 534 g/mol. The van der Waals surface area contributed by atoms with Gasteiger partial charge in [0.05, 0.1) is 18.5 Å². The molecule has 200 valence electrons. The van der Waals surface area contributed by atoms with E-state index in [1.165, 1.54) is 0 Å². The van der Waals surface area contributed by atoms with E-state index >= 15 is 0 Å². The SMILES string of the molecule is COc1cc2c(cc1C=C(C)C)-c1c(c(C(=O)N3CCCC(C(=O)N(C)C)CC3)nn1-c1ccsc1)CO2. The Morgan fingerprint density at radius 3 is 2.71 bits per heavy atom. The standard InChI is InChI=1S/C29H34N4O4S/c1-18(2)13-20-14-22-25(15-24(20)36-5)37-16-23-26(30-33(27(22)23)21-9-12-38-17-21)29(35)32-10-6-7-19(8-11-32)28(34)31(3)4/h9,12-15,17,19H,6-8,10-11,16H2,1-5H3. The van der Waals surface area contributed by atoms with E-state index in [0.29, 0.717) is 31.0 Å². The summed E-state index contributed by atoms with van der Waals surface area (Å²) >= 11 is 1.58. The van der Waals surface area contributed by atoms with Crippen molar-refractivity contribution in [2.24, 2.45) is 5.92 Å². The molecule has 2 aliphatic heterocycles. The molecule has 1 atom stereocenters. The van der Waals surface area contributed by atoms with Gasteiger partial charge in [-0.2, -0.15) is 16.4 Å². The second-order valence-electron chi connectivity index (χ2n) is 10.3. The smallest absolute Gasteiger partial charge is 0.274 e. The van der Waals surface area contributed by atoms with Gasteiger partial charge in [0.2, 0.25) is 5.91 Å². The van der Waals surface area contributed by atoms with Crippen LogP contribution >= 0.6 is 11.3 Å². The molecule has 4 heterocycles. The summed E-state index contributed by atoms with van der Waals surface area (Å²) in [6, 6.07) is 5.98. The first-order valence-corrected chi connectivity index (χ1v) is 13.9. The second kappa shape index (κ2) is 10.6. The number of amides is 2. The average Bonchev–Trinajstić information content (AvgIpc) is 3.49. The lowest BCUT2D eigenvalue weighted by atomic mass is 9.98. The van der Waals surface area contributed by atoms with Gasteiger partial charge in [-0.3, -0.25) is 9.59 Å². The zero-order valence-electron chi connectivity index (χ0n) is 22.6. The third kappa shape index (κ3) is 4.82. The number of rotatable bonds is 5. The Balaban J connectivity index is 1.57. The van der Waals surface area contributed by atoms with Crippen molar-refractivity contribution in [2.45, 2.75) is 39.7 Å². The van der Waals surface area contributed by atoms with E-state index in [-0.39, 0.29) is 24.3 Å². The Morgan fingerprint density at radius 1 is 1.21 bits per heavy atom. The fraction of sp³-hybridized carbons (Fsp3) is 0.414. The van der Waals surface area contributed by atoms with E-state index < -0.39 is 0 Å². The van der Waals surface area contributed by atoms with Crippen LogP contribution in [0, 0.1) is 5.92 Å². The van der Waals surface area contributed by atoms with E-state index in [1.807, 2.05) is 46.3 Å². The first-order chi connectivity index (χ1) is 18.3. The summed E-state index contributed by atoms with van der Waals surface area (Å²) < 4.78 is 13.7. The minimum atomic E-state index is -0.113. The lowest BCUT2D eigenvalue weighted by molar-refractivity contribution is -0.133. The van der Waals surface area contributed by atoms with Gasteiger partial charge in [0.1, 0.15) is 18.1 Å². The molecule has 0 saturated carbocycles. The first kappa shape index (κ1) is 26.0. The van der Waals surface area contributed by atoms with Gasteiger partial charge in [0.15, 0.2) is 5.69 Å². The van der Waals surface area contributed by atoms with Crippen molar-refractivity contribution in [1.82, 2.24) is 19.6 Å². The number of ether oxygens (including phenoxy) is 2. The molecule has 9 heteroatoms. The lowest BCUT2D eigenvalue weighted by Gasteiger charge is -2.23. The number of hydrogen-bond acceptors (Lipinski definition) is 6. The Morgan fingerprint density at radius 2 is 2.03 bits per heavy atom. The highest BCUT2D eigenvalue weighted by Gasteiger charge is 2.34. The molecule has 1 unspecified atom stereocenters. The molecule has 2 aliphatic rings. The van der Waals surface area contributed by atoms with Crippen LogP contribution < -0.4 is 9.47 Å². The lowest BCUT2D eigenvalue weighted by Crippen LogP contribution is -2.34. The van der Waals surface area contributed by atoms with E-state index in [2.05, 4.69) is 12.1 Å². The van der Waals surface area contributed by atoms with Crippen molar-refractivity contribution >= 4 is 29.2 Å². The molecule has 1 aromatic carbocycles. The highest BCUT2D eigenvalue weighted by Crippen LogP contribution is 2.44. The van der Waals surface area contributed by atoms with Gasteiger partial charge in [-0.1, -0.05) is 11.6 Å². The predicted octanol–water partition coefficient (Wildman–Crippen LogP) is 5.26. The van der Waals surface area contributed by atoms with Gasteiger partial charge in [-0.25, -0.2) is 4.68 Å². The fourth-order valence-electron chi connectivity index (χ4n) is 5.29. The van der Waals surface area contributed by atoms with Crippen molar-refractivity contribution < 1.29 is 19.1 Å². The Hall–Kier alpha value is -3.59. The molecular weight excluding hydrogens is 500 g/mol. The topological polar surface area (TPSA) is 76.9 Å². The normalized spacial score (nSPS) is 16.6. The molecule has 0 bridgehead atoms. The summed E-state index contributed by atoms with van der Waals surface area (Å²) in [7, 11) is 5.23.